The van der Waals surface area contributed by atoms with E-state index in [2.05, 4.69) is 23.1 Å². The van der Waals surface area contributed by atoms with Crippen molar-refractivity contribution < 1.29 is 5.21 Å². The van der Waals surface area contributed by atoms with Crippen LogP contribution >= 0.6 is 0 Å². The number of nitrogens with zero attached hydrogens (tertiary/aromatic N) is 3. The molecule has 1 saturated heterocycles. The van der Waals surface area contributed by atoms with Crippen LogP contribution in [0.2, 0.25) is 0 Å². The number of hydroxylamine groups is 2. The lowest BCUT2D eigenvalue weighted by atomic mass is 9.92. The van der Waals surface area contributed by atoms with E-state index in [-0.39, 0.29) is 0 Å². The molecule has 4 nitrogen and oxygen atoms in total. The van der Waals surface area contributed by atoms with Gasteiger partial charge in [0.25, 0.3) is 0 Å². The summed E-state index contributed by atoms with van der Waals surface area (Å²) in [6.45, 7) is 3.09. The van der Waals surface area contributed by atoms with Crippen LogP contribution in [0.25, 0.3) is 10.8 Å². The molecule has 0 aliphatic carbocycles. The molecule has 2 heterocycles. The van der Waals surface area contributed by atoms with Gasteiger partial charge in [-0.2, -0.15) is 10.3 Å². The molecule has 2 aromatic carbocycles. The third-order valence-electron chi connectivity index (χ3n) is 4.55. The summed E-state index contributed by atoms with van der Waals surface area (Å²) in [7, 11) is 0. The fourth-order valence-corrected chi connectivity index (χ4v) is 3.71. The Morgan fingerprint density at radius 1 is 1.10 bits per heavy atom. The highest BCUT2D eigenvalue weighted by Crippen LogP contribution is 2.39. The maximum atomic E-state index is 9.89. The summed E-state index contributed by atoms with van der Waals surface area (Å²) in [5, 5.41) is 23.2. The third kappa shape index (κ3) is 1.90. The van der Waals surface area contributed by atoms with Crippen LogP contribution in [-0.2, 0) is 13.1 Å². The molecule has 0 spiro atoms. The SMILES string of the molecule is N#Cc1cc2c3c(cccc3c1N1CCCC1)CN(O)C2. The molecule has 21 heavy (non-hydrogen) atoms. The number of rotatable bonds is 1. The molecule has 4 rings (SSSR count). The molecule has 0 aromatic heterocycles. The predicted octanol–water partition coefficient (Wildman–Crippen LogP) is 3.02. The van der Waals surface area contributed by atoms with E-state index in [1.807, 2.05) is 12.1 Å². The first-order valence-corrected chi connectivity index (χ1v) is 7.44. The molecule has 1 N–H and O–H groups in total. The third-order valence-corrected chi connectivity index (χ3v) is 4.55. The van der Waals surface area contributed by atoms with Gasteiger partial charge in [0.15, 0.2) is 0 Å². The minimum Gasteiger partial charge on any atom is -0.370 e. The van der Waals surface area contributed by atoms with Crippen molar-refractivity contribution in [3.05, 3.63) is 41.0 Å². The summed E-state index contributed by atoms with van der Waals surface area (Å²) in [6, 6.07) is 10.5. The first-order valence-electron chi connectivity index (χ1n) is 7.44. The molecule has 4 heteroatoms. The molecular weight excluding hydrogens is 262 g/mol. The second-order valence-electron chi connectivity index (χ2n) is 5.90. The summed E-state index contributed by atoms with van der Waals surface area (Å²) in [4.78, 5) is 2.34. The fourth-order valence-electron chi connectivity index (χ4n) is 3.71. The normalized spacial score (nSPS) is 18.2. The number of hydrogen-bond donors (Lipinski definition) is 1. The Morgan fingerprint density at radius 3 is 2.62 bits per heavy atom. The standard InChI is InChI=1S/C17H17N3O/c18-9-13-8-14-11-20(21)10-12-4-3-5-15(16(12)14)17(13)19-6-1-2-7-19/h3-5,8,21H,1-2,6-7,10-11H2. The van der Waals surface area contributed by atoms with Gasteiger partial charge in [0.05, 0.1) is 11.3 Å². The van der Waals surface area contributed by atoms with E-state index in [4.69, 9.17) is 0 Å². The Labute approximate surface area is 123 Å². The van der Waals surface area contributed by atoms with Gasteiger partial charge in [0.2, 0.25) is 0 Å². The summed E-state index contributed by atoms with van der Waals surface area (Å²) in [5.41, 5.74) is 4.00. The zero-order valence-corrected chi connectivity index (χ0v) is 11.8. The van der Waals surface area contributed by atoms with Crippen molar-refractivity contribution in [1.29, 1.82) is 5.26 Å². The van der Waals surface area contributed by atoms with Crippen molar-refractivity contribution in [3.8, 4) is 6.07 Å². The quantitative estimate of drug-likeness (QED) is 0.871. The highest BCUT2D eigenvalue weighted by Gasteiger charge is 2.24. The van der Waals surface area contributed by atoms with Gasteiger partial charge in [0, 0.05) is 31.6 Å². The van der Waals surface area contributed by atoms with E-state index < -0.39 is 0 Å². The molecular formula is C17H17N3O. The maximum Gasteiger partial charge on any atom is 0.101 e. The molecule has 2 aliphatic rings. The summed E-state index contributed by atoms with van der Waals surface area (Å²) in [6.07, 6.45) is 2.39. The zero-order chi connectivity index (χ0) is 14.4. The number of nitriles is 1. The largest absolute Gasteiger partial charge is 0.370 e. The molecule has 2 aromatic rings. The molecule has 0 bridgehead atoms. The van der Waals surface area contributed by atoms with Crippen LogP contribution in [0.5, 0.6) is 0 Å². The molecule has 0 radical (unpaired) electrons. The zero-order valence-electron chi connectivity index (χ0n) is 11.8. The van der Waals surface area contributed by atoms with E-state index in [9.17, 15) is 10.5 Å². The minimum atomic E-state index is 0.489. The van der Waals surface area contributed by atoms with Crippen molar-refractivity contribution in [2.24, 2.45) is 0 Å². The predicted molar refractivity (Wildman–Crippen MR) is 81.1 cm³/mol. The Bertz CT molecular complexity index is 757. The van der Waals surface area contributed by atoms with E-state index in [0.717, 1.165) is 40.9 Å². The molecule has 2 aliphatic heterocycles. The van der Waals surface area contributed by atoms with Crippen molar-refractivity contribution in [3.63, 3.8) is 0 Å². The van der Waals surface area contributed by atoms with Gasteiger partial charge in [-0.1, -0.05) is 18.2 Å². The summed E-state index contributed by atoms with van der Waals surface area (Å²) in [5.74, 6) is 0. The molecule has 0 amide bonds. The van der Waals surface area contributed by atoms with Crippen LogP contribution in [0.3, 0.4) is 0 Å². The Morgan fingerprint density at radius 2 is 1.86 bits per heavy atom. The number of anilines is 1. The van der Waals surface area contributed by atoms with Crippen molar-refractivity contribution in [2.75, 3.05) is 18.0 Å². The van der Waals surface area contributed by atoms with E-state index in [0.29, 0.717) is 13.1 Å². The van der Waals surface area contributed by atoms with Gasteiger partial charge in [-0.15, -0.1) is 0 Å². The molecule has 0 atom stereocenters. The van der Waals surface area contributed by atoms with Gasteiger partial charge < -0.3 is 10.1 Å². The highest BCUT2D eigenvalue weighted by atomic mass is 16.5. The monoisotopic (exact) mass is 279 g/mol. The van der Waals surface area contributed by atoms with E-state index >= 15 is 0 Å². The van der Waals surface area contributed by atoms with Gasteiger partial charge in [-0.25, -0.2) is 0 Å². The van der Waals surface area contributed by atoms with Crippen LogP contribution < -0.4 is 4.90 Å². The maximum absolute atomic E-state index is 9.89. The second-order valence-corrected chi connectivity index (χ2v) is 5.90. The Hall–Kier alpha value is -2.09. The van der Waals surface area contributed by atoms with Gasteiger partial charge in [-0.05, 0) is 35.4 Å². The highest BCUT2D eigenvalue weighted by molar-refractivity contribution is 6.01. The Balaban J connectivity index is 2.04. The van der Waals surface area contributed by atoms with Crippen LogP contribution in [0.1, 0.15) is 29.5 Å². The summed E-state index contributed by atoms with van der Waals surface area (Å²) < 4.78 is 0. The van der Waals surface area contributed by atoms with Crippen molar-refractivity contribution in [1.82, 2.24) is 5.06 Å². The average molecular weight is 279 g/mol. The van der Waals surface area contributed by atoms with E-state index in [1.54, 1.807) is 0 Å². The van der Waals surface area contributed by atoms with Gasteiger partial charge in [0.1, 0.15) is 6.07 Å². The molecule has 106 valence electrons. The lowest BCUT2D eigenvalue weighted by Gasteiger charge is -2.28. The van der Waals surface area contributed by atoms with E-state index in [1.165, 1.54) is 23.3 Å². The first-order chi connectivity index (χ1) is 10.3. The Kier molecular flexibility index (Phi) is 2.85. The topological polar surface area (TPSA) is 50.5 Å². The number of benzene rings is 2. The van der Waals surface area contributed by atoms with Crippen LogP contribution in [0, 0.1) is 11.3 Å². The van der Waals surface area contributed by atoms with Crippen LogP contribution in [-0.4, -0.2) is 23.4 Å². The number of hydrogen-bond acceptors (Lipinski definition) is 4. The first kappa shape index (κ1) is 12.6. The van der Waals surface area contributed by atoms with Gasteiger partial charge in [-0.3, -0.25) is 0 Å². The summed E-state index contributed by atoms with van der Waals surface area (Å²) >= 11 is 0. The molecule has 0 saturated carbocycles. The average Bonchev–Trinajstić information content (AvgIpc) is 3.00. The fraction of sp³-hybridized carbons (Fsp3) is 0.353. The lowest BCUT2D eigenvalue weighted by Crippen LogP contribution is -2.24. The van der Waals surface area contributed by atoms with Crippen LogP contribution in [0.15, 0.2) is 24.3 Å². The lowest BCUT2D eigenvalue weighted by molar-refractivity contribution is -0.109. The molecule has 0 unspecified atom stereocenters. The van der Waals surface area contributed by atoms with Crippen molar-refractivity contribution >= 4 is 16.5 Å². The molecule has 1 fully saturated rings. The van der Waals surface area contributed by atoms with Gasteiger partial charge >= 0.3 is 0 Å². The second kappa shape index (κ2) is 4.73. The van der Waals surface area contributed by atoms with Crippen LogP contribution in [0.4, 0.5) is 5.69 Å². The minimum absolute atomic E-state index is 0.489. The smallest absolute Gasteiger partial charge is 0.101 e. The van der Waals surface area contributed by atoms with Crippen molar-refractivity contribution in [2.45, 2.75) is 25.9 Å².